The molecule has 1 saturated carbocycles. The minimum absolute atomic E-state index is 0.0544. The molecule has 1 aliphatic carbocycles. The maximum absolute atomic E-state index is 12.1. The van der Waals surface area contributed by atoms with Crippen molar-refractivity contribution in [3.63, 3.8) is 0 Å². The van der Waals surface area contributed by atoms with Crippen LogP contribution in [0.5, 0.6) is 0 Å². The van der Waals surface area contributed by atoms with E-state index in [-0.39, 0.29) is 11.8 Å². The van der Waals surface area contributed by atoms with Gasteiger partial charge in [-0.05, 0) is 36.6 Å². The van der Waals surface area contributed by atoms with E-state index in [1.807, 2.05) is 42.5 Å². The molecule has 1 aliphatic rings. The third-order valence-corrected chi connectivity index (χ3v) is 5.08. The Hall–Kier alpha value is -3.32. The molecule has 2 aromatic carbocycles. The van der Waals surface area contributed by atoms with E-state index in [4.69, 9.17) is 0 Å². The minimum atomic E-state index is -0.286. The van der Waals surface area contributed by atoms with Crippen LogP contribution in [0.2, 0.25) is 0 Å². The second-order valence-electron chi connectivity index (χ2n) is 6.47. The van der Waals surface area contributed by atoms with Gasteiger partial charge in [-0.15, -0.1) is 10.2 Å². The Balaban J connectivity index is 1.34. The molecule has 0 saturated heterocycles. The monoisotopic (exact) mass is 390 g/mol. The minimum Gasteiger partial charge on any atom is -0.349 e. The number of aromatic nitrogens is 2. The highest BCUT2D eigenvalue weighted by Gasteiger charge is 2.23. The van der Waals surface area contributed by atoms with Gasteiger partial charge in [0.2, 0.25) is 11.0 Å². The highest BCUT2D eigenvalue weighted by atomic mass is 32.1. The number of carbonyl (C=O) groups is 2. The van der Waals surface area contributed by atoms with Gasteiger partial charge in [0.05, 0.1) is 0 Å². The Morgan fingerprint density at radius 3 is 2.46 bits per heavy atom. The van der Waals surface area contributed by atoms with Crippen molar-refractivity contribution in [1.29, 1.82) is 0 Å². The lowest BCUT2D eigenvalue weighted by Gasteiger charge is -2.03. The Morgan fingerprint density at radius 2 is 1.75 bits per heavy atom. The molecule has 28 heavy (non-hydrogen) atoms. The summed E-state index contributed by atoms with van der Waals surface area (Å²) in [6.07, 6.45) is 5.24. The lowest BCUT2D eigenvalue weighted by atomic mass is 10.1. The van der Waals surface area contributed by atoms with Gasteiger partial charge in [-0.1, -0.05) is 53.8 Å². The Bertz CT molecular complexity index is 1010. The number of nitrogens with one attached hydrogen (secondary N) is 2. The van der Waals surface area contributed by atoms with Gasteiger partial charge in [0.15, 0.2) is 0 Å². The van der Waals surface area contributed by atoms with Crippen LogP contribution in [0.15, 0.2) is 60.7 Å². The van der Waals surface area contributed by atoms with E-state index in [2.05, 4.69) is 20.8 Å². The first-order valence-corrected chi connectivity index (χ1v) is 9.78. The summed E-state index contributed by atoms with van der Waals surface area (Å²) in [4.78, 5) is 24.1. The number of rotatable bonds is 6. The van der Waals surface area contributed by atoms with Crippen LogP contribution in [-0.2, 0) is 4.79 Å². The number of carbonyl (C=O) groups excluding carboxylic acids is 2. The van der Waals surface area contributed by atoms with E-state index in [1.165, 1.54) is 17.4 Å². The summed E-state index contributed by atoms with van der Waals surface area (Å²) in [6, 6.07) is 17.1. The van der Waals surface area contributed by atoms with Gasteiger partial charge < -0.3 is 5.32 Å². The van der Waals surface area contributed by atoms with E-state index in [0.29, 0.717) is 16.7 Å². The summed E-state index contributed by atoms with van der Waals surface area (Å²) in [6.45, 7) is 0. The first kappa shape index (κ1) is 18.1. The topological polar surface area (TPSA) is 84.0 Å². The van der Waals surface area contributed by atoms with Gasteiger partial charge in [-0.25, -0.2) is 0 Å². The van der Waals surface area contributed by atoms with Gasteiger partial charge in [0, 0.05) is 23.2 Å². The van der Waals surface area contributed by atoms with Crippen molar-refractivity contribution in [1.82, 2.24) is 15.5 Å². The van der Waals surface area contributed by atoms with E-state index in [0.717, 1.165) is 29.0 Å². The number of hydrogen-bond acceptors (Lipinski definition) is 5. The van der Waals surface area contributed by atoms with E-state index < -0.39 is 0 Å². The van der Waals surface area contributed by atoms with Crippen LogP contribution in [0.25, 0.3) is 16.6 Å². The van der Waals surface area contributed by atoms with Crippen molar-refractivity contribution in [3.8, 4) is 10.6 Å². The van der Waals surface area contributed by atoms with Crippen LogP contribution in [0.1, 0.15) is 28.8 Å². The highest BCUT2D eigenvalue weighted by molar-refractivity contribution is 7.18. The second-order valence-corrected chi connectivity index (χ2v) is 7.45. The summed E-state index contributed by atoms with van der Waals surface area (Å²) >= 11 is 1.32. The molecule has 0 radical (unpaired) electrons. The highest BCUT2D eigenvalue weighted by Crippen LogP contribution is 2.25. The SMILES string of the molecule is O=C(/C=C/c1ccc(C(=O)NC2CC2)cc1)Nc1nnc(-c2ccccc2)s1. The van der Waals surface area contributed by atoms with E-state index in [1.54, 1.807) is 18.2 Å². The first-order valence-electron chi connectivity index (χ1n) is 8.96. The van der Waals surface area contributed by atoms with Crippen LogP contribution in [0.4, 0.5) is 5.13 Å². The fraction of sp³-hybridized carbons (Fsp3) is 0.143. The van der Waals surface area contributed by atoms with Crippen LogP contribution < -0.4 is 10.6 Å². The molecule has 1 fully saturated rings. The zero-order valence-corrected chi connectivity index (χ0v) is 15.8. The number of amides is 2. The fourth-order valence-electron chi connectivity index (χ4n) is 2.53. The quantitative estimate of drug-likeness (QED) is 0.628. The molecule has 2 N–H and O–H groups in total. The predicted octanol–water partition coefficient (Wildman–Crippen LogP) is 3.75. The van der Waals surface area contributed by atoms with Crippen LogP contribution >= 0.6 is 11.3 Å². The van der Waals surface area contributed by atoms with Crippen LogP contribution in [-0.4, -0.2) is 28.1 Å². The smallest absolute Gasteiger partial charge is 0.251 e. The summed E-state index contributed by atoms with van der Waals surface area (Å²) in [5, 5.41) is 15.0. The third kappa shape index (κ3) is 4.69. The maximum Gasteiger partial charge on any atom is 0.251 e. The van der Waals surface area contributed by atoms with Crippen molar-refractivity contribution >= 4 is 34.4 Å². The lowest BCUT2D eigenvalue weighted by Crippen LogP contribution is -2.25. The summed E-state index contributed by atoms with van der Waals surface area (Å²) in [5.74, 6) is -0.340. The van der Waals surface area contributed by atoms with Crippen molar-refractivity contribution < 1.29 is 9.59 Å². The molecule has 4 rings (SSSR count). The molecule has 140 valence electrons. The van der Waals surface area contributed by atoms with Crippen molar-refractivity contribution in [2.45, 2.75) is 18.9 Å². The molecule has 6 nitrogen and oxygen atoms in total. The molecule has 0 spiro atoms. The number of nitrogens with zero attached hydrogens (tertiary/aromatic N) is 2. The molecular formula is C21H18N4O2S. The Kier molecular flexibility index (Phi) is 5.25. The molecule has 1 aromatic heterocycles. The molecule has 0 aliphatic heterocycles. The van der Waals surface area contributed by atoms with E-state index in [9.17, 15) is 9.59 Å². The molecule has 2 amide bonds. The Labute approximate surface area is 166 Å². The van der Waals surface area contributed by atoms with Gasteiger partial charge in [-0.2, -0.15) is 0 Å². The Morgan fingerprint density at radius 1 is 1.00 bits per heavy atom. The summed E-state index contributed by atoms with van der Waals surface area (Å²) < 4.78 is 0. The fourth-order valence-corrected chi connectivity index (χ4v) is 3.28. The van der Waals surface area contributed by atoms with Gasteiger partial charge in [-0.3, -0.25) is 14.9 Å². The molecule has 0 bridgehead atoms. The van der Waals surface area contributed by atoms with Crippen molar-refractivity contribution in [2.24, 2.45) is 0 Å². The van der Waals surface area contributed by atoms with Gasteiger partial charge in [0.25, 0.3) is 5.91 Å². The largest absolute Gasteiger partial charge is 0.349 e. The average Bonchev–Trinajstić information content (AvgIpc) is 3.42. The molecule has 0 atom stereocenters. The van der Waals surface area contributed by atoms with Gasteiger partial charge >= 0.3 is 0 Å². The number of hydrogen-bond donors (Lipinski definition) is 2. The zero-order valence-electron chi connectivity index (χ0n) is 15.0. The van der Waals surface area contributed by atoms with Crippen molar-refractivity contribution in [2.75, 3.05) is 5.32 Å². The molecule has 3 aromatic rings. The number of anilines is 1. The molecular weight excluding hydrogens is 372 g/mol. The lowest BCUT2D eigenvalue weighted by molar-refractivity contribution is -0.111. The molecule has 1 heterocycles. The molecule has 7 heteroatoms. The standard InChI is InChI=1S/C21H18N4O2S/c26-18(23-21-25-24-20(28-21)16-4-2-1-3-5-16)13-8-14-6-9-15(10-7-14)19(27)22-17-11-12-17/h1-10,13,17H,11-12H2,(H,22,27)(H,23,25,26)/b13-8+. The second kappa shape index (κ2) is 8.14. The van der Waals surface area contributed by atoms with Crippen LogP contribution in [0, 0.1) is 0 Å². The predicted molar refractivity (Wildman–Crippen MR) is 110 cm³/mol. The van der Waals surface area contributed by atoms with E-state index >= 15 is 0 Å². The summed E-state index contributed by atoms with van der Waals surface area (Å²) in [5.41, 5.74) is 2.41. The van der Waals surface area contributed by atoms with Crippen LogP contribution in [0.3, 0.4) is 0 Å². The van der Waals surface area contributed by atoms with Crippen molar-refractivity contribution in [3.05, 3.63) is 71.8 Å². The zero-order chi connectivity index (χ0) is 19.3. The van der Waals surface area contributed by atoms with Gasteiger partial charge in [0.1, 0.15) is 5.01 Å². The molecule has 0 unspecified atom stereocenters. The average molecular weight is 390 g/mol. The summed E-state index contributed by atoms with van der Waals surface area (Å²) in [7, 11) is 0. The third-order valence-electron chi connectivity index (χ3n) is 4.19. The number of benzene rings is 2. The maximum atomic E-state index is 12.1. The normalized spacial score (nSPS) is 13.4. The first-order chi connectivity index (χ1) is 13.7.